The third-order valence-electron chi connectivity index (χ3n) is 5.95. The van der Waals surface area contributed by atoms with Crippen molar-refractivity contribution in [2.45, 2.75) is 71.6 Å². The summed E-state index contributed by atoms with van der Waals surface area (Å²) in [5.41, 5.74) is 5.46. The molecule has 1 aliphatic carbocycles. The van der Waals surface area contributed by atoms with Crippen molar-refractivity contribution in [3.63, 3.8) is 0 Å². The summed E-state index contributed by atoms with van der Waals surface area (Å²) in [6.45, 7) is 5.32. The van der Waals surface area contributed by atoms with Gasteiger partial charge in [-0.3, -0.25) is 0 Å². The topological polar surface area (TPSA) is 9.23 Å². The van der Waals surface area contributed by atoms with Gasteiger partial charge in [-0.25, -0.2) is 0 Å². The molecular weight excluding hydrogens is 340 g/mol. The summed E-state index contributed by atoms with van der Waals surface area (Å²) >= 11 is 0. The summed E-state index contributed by atoms with van der Waals surface area (Å²) < 4.78 is 5.82. The Kier molecular flexibility index (Phi) is 8.21. The zero-order valence-electron chi connectivity index (χ0n) is 17.8. The van der Waals surface area contributed by atoms with E-state index in [9.17, 15) is 0 Å². The summed E-state index contributed by atoms with van der Waals surface area (Å²) in [7, 11) is 0. The number of hydrogen-bond donors (Lipinski definition) is 0. The van der Waals surface area contributed by atoms with Gasteiger partial charge in [0, 0.05) is 0 Å². The first-order chi connectivity index (χ1) is 13.8. The second-order valence-electron chi connectivity index (χ2n) is 8.17. The van der Waals surface area contributed by atoms with Crippen LogP contribution in [0, 0.1) is 5.92 Å². The SMILES string of the molecule is CCCCCOc1ccc(-c2ccc(C3=CCC(CCCC)CC3)cc2)cc1. The summed E-state index contributed by atoms with van der Waals surface area (Å²) in [4.78, 5) is 0. The van der Waals surface area contributed by atoms with Crippen molar-refractivity contribution >= 4 is 5.57 Å². The first-order valence-corrected chi connectivity index (χ1v) is 11.3. The molecule has 0 radical (unpaired) electrons. The largest absolute Gasteiger partial charge is 0.494 e. The van der Waals surface area contributed by atoms with Gasteiger partial charge >= 0.3 is 0 Å². The summed E-state index contributed by atoms with van der Waals surface area (Å²) in [5.74, 6) is 1.88. The molecule has 150 valence electrons. The Hall–Kier alpha value is -2.02. The van der Waals surface area contributed by atoms with Gasteiger partial charge in [-0.15, -0.1) is 0 Å². The Morgan fingerprint density at radius 2 is 1.43 bits per heavy atom. The molecule has 0 N–H and O–H groups in total. The van der Waals surface area contributed by atoms with Crippen LogP contribution in [0.15, 0.2) is 54.6 Å². The van der Waals surface area contributed by atoms with Gasteiger partial charge in [0.25, 0.3) is 0 Å². The standard InChI is InChI=1S/C27H36O/c1-3-5-7-21-28-27-19-17-26(18-20-27)25-15-13-24(14-16-25)23-11-9-22(10-12-23)8-6-4-2/h11,13-20,22H,3-10,12,21H2,1-2H3. The van der Waals surface area contributed by atoms with Crippen LogP contribution in [-0.2, 0) is 0 Å². The van der Waals surface area contributed by atoms with Crippen LogP contribution in [-0.4, -0.2) is 6.61 Å². The number of hydrogen-bond acceptors (Lipinski definition) is 1. The molecule has 0 bridgehead atoms. The highest BCUT2D eigenvalue weighted by molar-refractivity contribution is 5.71. The molecule has 28 heavy (non-hydrogen) atoms. The average molecular weight is 377 g/mol. The maximum absolute atomic E-state index is 5.82. The van der Waals surface area contributed by atoms with Crippen LogP contribution in [0.4, 0.5) is 0 Å². The van der Waals surface area contributed by atoms with Crippen LogP contribution >= 0.6 is 0 Å². The van der Waals surface area contributed by atoms with E-state index in [4.69, 9.17) is 4.74 Å². The van der Waals surface area contributed by atoms with Crippen LogP contribution in [0.1, 0.15) is 77.2 Å². The maximum atomic E-state index is 5.82. The third kappa shape index (κ3) is 5.99. The molecular formula is C27H36O. The van der Waals surface area contributed by atoms with Crippen molar-refractivity contribution in [3.05, 3.63) is 60.2 Å². The lowest BCUT2D eigenvalue weighted by molar-refractivity contribution is 0.306. The zero-order chi connectivity index (χ0) is 19.6. The first kappa shape index (κ1) is 20.7. The Morgan fingerprint density at radius 3 is 2.04 bits per heavy atom. The fraction of sp³-hybridized carbons (Fsp3) is 0.481. The molecule has 0 aromatic heterocycles. The number of rotatable bonds is 10. The van der Waals surface area contributed by atoms with Gasteiger partial charge in [-0.2, -0.15) is 0 Å². The third-order valence-corrected chi connectivity index (χ3v) is 5.95. The number of benzene rings is 2. The molecule has 0 saturated carbocycles. The van der Waals surface area contributed by atoms with Gasteiger partial charge in [0.1, 0.15) is 5.75 Å². The van der Waals surface area contributed by atoms with Crippen LogP contribution < -0.4 is 4.74 Å². The molecule has 1 heteroatoms. The Balaban J connectivity index is 1.56. The molecule has 0 spiro atoms. The minimum Gasteiger partial charge on any atom is -0.494 e. The predicted octanol–water partition coefficient (Wildman–Crippen LogP) is 8.30. The van der Waals surface area contributed by atoms with Gasteiger partial charge < -0.3 is 4.74 Å². The van der Waals surface area contributed by atoms with E-state index in [2.05, 4.69) is 68.5 Å². The van der Waals surface area contributed by atoms with Crippen LogP contribution in [0.25, 0.3) is 16.7 Å². The highest BCUT2D eigenvalue weighted by Gasteiger charge is 2.15. The number of ether oxygens (including phenoxy) is 1. The minimum absolute atomic E-state index is 0.816. The van der Waals surface area contributed by atoms with E-state index in [1.807, 2.05) is 0 Å². The second-order valence-corrected chi connectivity index (χ2v) is 8.17. The smallest absolute Gasteiger partial charge is 0.119 e. The molecule has 0 heterocycles. The van der Waals surface area contributed by atoms with E-state index in [-0.39, 0.29) is 0 Å². The Morgan fingerprint density at radius 1 is 0.786 bits per heavy atom. The van der Waals surface area contributed by atoms with Gasteiger partial charge in [-0.1, -0.05) is 88.4 Å². The Bertz CT molecular complexity index is 724. The van der Waals surface area contributed by atoms with Gasteiger partial charge in [0.2, 0.25) is 0 Å². The molecule has 1 aliphatic rings. The van der Waals surface area contributed by atoms with Crippen LogP contribution in [0.5, 0.6) is 5.75 Å². The quantitative estimate of drug-likeness (QED) is 0.379. The molecule has 2 aromatic rings. The second kappa shape index (κ2) is 11.1. The van der Waals surface area contributed by atoms with Crippen molar-refractivity contribution in [3.8, 4) is 16.9 Å². The monoisotopic (exact) mass is 376 g/mol. The molecule has 0 aliphatic heterocycles. The van der Waals surface area contributed by atoms with E-state index in [0.717, 1.165) is 24.7 Å². The fourth-order valence-electron chi connectivity index (χ4n) is 4.07. The van der Waals surface area contributed by atoms with Gasteiger partial charge in [0.15, 0.2) is 0 Å². The summed E-state index contributed by atoms with van der Waals surface area (Å²) in [5, 5.41) is 0. The van der Waals surface area contributed by atoms with Crippen LogP contribution in [0.3, 0.4) is 0 Å². The molecule has 0 amide bonds. The van der Waals surface area contributed by atoms with E-state index in [0.29, 0.717) is 0 Å². The van der Waals surface area contributed by atoms with E-state index >= 15 is 0 Å². The van der Waals surface area contributed by atoms with Crippen LogP contribution in [0.2, 0.25) is 0 Å². The van der Waals surface area contributed by atoms with E-state index < -0.39 is 0 Å². The molecule has 2 aromatic carbocycles. The lowest BCUT2D eigenvalue weighted by Crippen LogP contribution is -2.05. The number of allylic oxidation sites excluding steroid dienone is 2. The van der Waals surface area contributed by atoms with Crippen molar-refractivity contribution < 1.29 is 4.74 Å². The van der Waals surface area contributed by atoms with Crippen molar-refractivity contribution in [1.29, 1.82) is 0 Å². The van der Waals surface area contributed by atoms with Crippen molar-refractivity contribution in [2.24, 2.45) is 5.92 Å². The lowest BCUT2D eigenvalue weighted by atomic mass is 9.84. The molecule has 3 rings (SSSR count). The van der Waals surface area contributed by atoms with E-state index in [1.54, 1.807) is 0 Å². The maximum Gasteiger partial charge on any atom is 0.119 e. The normalized spacial score (nSPS) is 16.6. The molecule has 0 saturated heterocycles. The Labute approximate surface area is 171 Å². The minimum atomic E-state index is 0.816. The van der Waals surface area contributed by atoms with Crippen molar-refractivity contribution in [1.82, 2.24) is 0 Å². The lowest BCUT2D eigenvalue weighted by Gasteiger charge is -2.22. The molecule has 1 atom stereocenters. The van der Waals surface area contributed by atoms with E-state index in [1.165, 1.54) is 73.6 Å². The summed E-state index contributed by atoms with van der Waals surface area (Å²) in [6, 6.07) is 17.6. The zero-order valence-corrected chi connectivity index (χ0v) is 17.8. The first-order valence-electron chi connectivity index (χ1n) is 11.3. The number of unbranched alkanes of at least 4 members (excludes halogenated alkanes) is 3. The molecule has 1 unspecified atom stereocenters. The van der Waals surface area contributed by atoms with Crippen molar-refractivity contribution in [2.75, 3.05) is 6.61 Å². The predicted molar refractivity (Wildman–Crippen MR) is 122 cm³/mol. The summed E-state index contributed by atoms with van der Waals surface area (Å²) in [6.07, 6.45) is 14.0. The van der Waals surface area contributed by atoms with Gasteiger partial charge in [-0.05, 0) is 66.0 Å². The molecule has 1 nitrogen and oxygen atoms in total. The fourth-order valence-corrected chi connectivity index (χ4v) is 4.07. The van der Waals surface area contributed by atoms with Gasteiger partial charge in [0.05, 0.1) is 6.61 Å². The average Bonchev–Trinajstić information content (AvgIpc) is 2.76. The highest BCUT2D eigenvalue weighted by atomic mass is 16.5. The molecule has 0 fully saturated rings. The highest BCUT2D eigenvalue weighted by Crippen LogP contribution is 2.33.